The van der Waals surface area contributed by atoms with Gasteiger partial charge in [-0.2, -0.15) is 0 Å². The van der Waals surface area contributed by atoms with Crippen molar-refractivity contribution >= 4 is 11.7 Å². The van der Waals surface area contributed by atoms with Gasteiger partial charge in [0.2, 0.25) is 5.91 Å². The first kappa shape index (κ1) is 11.1. The zero-order chi connectivity index (χ0) is 9.56. The molecule has 4 N–H and O–H groups in total. The highest BCUT2D eigenvalue weighted by atomic mass is 16.3. The highest BCUT2D eigenvalue weighted by Crippen LogP contribution is 1.88. The van der Waals surface area contributed by atoms with Crippen LogP contribution >= 0.6 is 0 Å². The van der Waals surface area contributed by atoms with Gasteiger partial charge in [0.15, 0.2) is 0 Å². The van der Waals surface area contributed by atoms with Crippen molar-refractivity contribution in [3.05, 3.63) is 0 Å². The van der Waals surface area contributed by atoms with Gasteiger partial charge in [-0.3, -0.25) is 9.59 Å². The summed E-state index contributed by atoms with van der Waals surface area (Å²) in [5, 5.41) is 10.7. The second-order valence-electron chi connectivity index (χ2n) is 2.49. The molecule has 0 spiro atoms. The van der Waals surface area contributed by atoms with Gasteiger partial charge >= 0.3 is 0 Å². The van der Waals surface area contributed by atoms with Crippen LogP contribution in [-0.4, -0.2) is 36.0 Å². The van der Waals surface area contributed by atoms with Gasteiger partial charge in [0.05, 0.1) is 12.6 Å². The Balaban J connectivity index is 3.61. The normalized spacial score (nSPS) is 12.2. The Kier molecular flexibility index (Phi) is 5.23. The first-order valence-corrected chi connectivity index (χ1v) is 3.71. The molecule has 1 amide bonds. The van der Waals surface area contributed by atoms with Crippen LogP contribution in [0, 0.1) is 0 Å². The Morgan fingerprint density at radius 2 is 2.17 bits per heavy atom. The van der Waals surface area contributed by atoms with Crippen molar-refractivity contribution in [2.75, 3.05) is 13.2 Å². The van der Waals surface area contributed by atoms with E-state index in [1.165, 1.54) is 6.92 Å². The largest absolute Gasteiger partial charge is 0.395 e. The second-order valence-corrected chi connectivity index (χ2v) is 2.49. The zero-order valence-corrected chi connectivity index (χ0v) is 7.04. The molecular formula is C7H14N2O3. The number of nitrogens with one attached hydrogen (secondary N) is 1. The van der Waals surface area contributed by atoms with Crippen molar-refractivity contribution in [2.24, 2.45) is 5.73 Å². The van der Waals surface area contributed by atoms with Crippen molar-refractivity contribution in [3.8, 4) is 0 Å². The monoisotopic (exact) mass is 174 g/mol. The van der Waals surface area contributed by atoms with Gasteiger partial charge in [0.25, 0.3) is 0 Å². The lowest BCUT2D eigenvalue weighted by Gasteiger charge is -2.06. The number of carbonyl (C=O) groups is 2. The third kappa shape index (κ3) is 4.81. The second kappa shape index (κ2) is 5.68. The Hall–Kier alpha value is -0.940. The molecule has 0 saturated heterocycles. The number of amides is 1. The summed E-state index contributed by atoms with van der Waals surface area (Å²) in [4.78, 5) is 21.5. The van der Waals surface area contributed by atoms with Gasteiger partial charge in [-0.1, -0.05) is 0 Å². The number of hydrogen-bond acceptors (Lipinski definition) is 4. The van der Waals surface area contributed by atoms with Gasteiger partial charge in [-0.05, 0) is 6.92 Å². The first-order chi connectivity index (χ1) is 5.57. The fourth-order valence-electron chi connectivity index (χ4n) is 0.611. The number of rotatable bonds is 5. The molecule has 0 radical (unpaired) electrons. The van der Waals surface area contributed by atoms with Crippen LogP contribution < -0.4 is 11.1 Å². The number of ketones is 1. The van der Waals surface area contributed by atoms with E-state index in [0.29, 0.717) is 0 Å². The van der Waals surface area contributed by atoms with Crippen molar-refractivity contribution < 1.29 is 14.7 Å². The van der Waals surface area contributed by atoms with Crippen LogP contribution in [0.3, 0.4) is 0 Å². The Labute approximate surface area is 70.9 Å². The van der Waals surface area contributed by atoms with E-state index in [-0.39, 0.29) is 31.3 Å². The SMILES string of the molecule is CC(=O)C(N)CC(=O)NCCO. The van der Waals surface area contributed by atoms with Crippen LogP contribution in [0.1, 0.15) is 13.3 Å². The summed E-state index contributed by atoms with van der Waals surface area (Å²) in [6.45, 7) is 1.43. The summed E-state index contributed by atoms with van der Waals surface area (Å²) >= 11 is 0. The van der Waals surface area contributed by atoms with Crippen molar-refractivity contribution in [1.29, 1.82) is 0 Å². The number of nitrogens with two attached hydrogens (primary N) is 1. The van der Waals surface area contributed by atoms with E-state index in [0.717, 1.165) is 0 Å². The van der Waals surface area contributed by atoms with E-state index in [1.807, 2.05) is 0 Å². The summed E-state index contributed by atoms with van der Waals surface area (Å²) in [6.07, 6.45) is -0.0185. The lowest BCUT2D eigenvalue weighted by atomic mass is 10.1. The molecule has 5 nitrogen and oxygen atoms in total. The van der Waals surface area contributed by atoms with E-state index in [2.05, 4.69) is 5.32 Å². The van der Waals surface area contributed by atoms with Crippen LogP contribution in [-0.2, 0) is 9.59 Å². The van der Waals surface area contributed by atoms with E-state index >= 15 is 0 Å². The molecular weight excluding hydrogens is 160 g/mol. The minimum Gasteiger partial charge on any atom is -0.395 e. The Bertz CT molecular complexity index is 170. The number of aliphatic hydroxyl groups is 1. The summed E-state index contributed by atoms with van der Waals surface area (Å²) in [6, 6.07) is -0.733. The van der Waals surface area contributed by atoms with Crippen LogP contribution in [0.5, 0.6) is 0 Å². The number of aliphatic hydroxyl groups excluding tert-OH is 1. The van der Waals surface area contributed by atoms with Crippen molar-refractivity contribution in [3.63, 3.8) is 0 Å². The molecule has 1 atom stereocenters. The summed E-state index contributed by atoms with van der Waals surface area (Å²) in [5.74, 6) is -0.527. The Morgan fingerprint density at radius 3 is 2.58 bits per heavy atom. The minimum atomic E-state index is -0.733. The fourth-order valence-corrected chi connectivity index (χ4v) is 0.611. The average molecular weight is 174 g/mol. The summed E-state index contributed by atoms with van der Waals surface area (Å²) in [7, 11) is 0. The van der Waals surface area contributed by atoms with Gasteiger partial charge in [-0.15, -0.1) is 0 Å². The molecule has 1 unspecified atom stereocenters. The quantitative estimate of drug-likeness (QED) is 0.468. The average Bonchev–Trinajstić information content (AvgIpc) is 2.00. The van der Waals surface area contributed by atoms with E-state index in [4.69, 9.17) is 10.8 Å². The van der Waals surface area contributed by atoms with Crippen molar-refractivity contribution in [1.82, 2.24) is 5.32 Å². The highest BCUT2D eigenvalue weighted by Gasteiger charge is 2.12. The van der Waals surface area contributed by atoms with Crippen LogP contribution in [0.4, 0.5) is 0 Å². The molecule has 12 heavy (non-hydrogen) atoms. The molecule has 5 heteroatoms. The summed E-state index contributed by atoms with van der Waals surface area (Å²) < 4.78 is 0. The number of hydrogen-bond donors (Lipinski definition) is 3. The van der Waals surface area contributed by atoms with Crippen molar-refractivity contribution in [2.45, 2.75) is 19.4 Å². The van der Waals surface area contributed by atoms with Crippen LogP contribution in [0.25, 0.3) is 0 Å². The molecule has 0 aliphatic heterocycles. The molecule has 0 heterocycles. The summed E-state index contributed by atoms with van der Waals surface area (Å²) in [5.41, 5.74) is 5.32. The van der Waals surface area contributed by atoms with E-state index in [1.54, 1.807) is 0 Å². The molecule has 0 aromatic heterocycles. The number of Topliss-reactive ketones (excluding diaryl/α,β-unsaturated/α-hetero) is 1. The highest BCUT2D eigenvalue weighted by molar-refractivity contribution is 5.87. The van der Waals surface area contributed by atoms with Crippen LogP contribution in [0.15, 0.2) is 0 Å². The smallest absolute Gasteiger partial charge is 0.222 e. The van der Waals surface area contributed by atoms with Gasteiger partial charge < -0.3 is 16.2 Å². The predicted molar refractivity (Wildman–Crippen MR) is 43.4 cm³/mol. The predicted octanol–water partition coefficient (Wildman–Crippen LogP) is -1.60. The molecule has 0 bridgehead atoms. The number of carbonyl (C=O) groups excluding carboxylic acids is 2. The van der Waals surface area contributed by atoms with Gasteiger partial charge in [0.1, 0.15) is 5.78 Å². The lowest BCUT2D eigenvalue weighted by Crippen LogP contribution is -2.36. The maximum atomic E-state index is 10.9. The van der Waals surface area contributed by atoms with Gasteiger partial charge in [0, 0.05) is 13.0 Å². The minimum absolute atomic E-state index is 0.0185. The molecule has 0 aromatic carbocycles. The first-order valence-electron chi connectivity index (χ1n) is 3.71. The lowest BCUT2D eigenvalue weighted by molar-refractivity contribution is -0.125. The van der Waals surface area contributed by atoms with E-state index < -0.39 is 6.04 Å². The maximum Gasteiger partial charge on any atom is 0.222 e. The topological polar surface area (TPSA) is 92.4 Å². The molecule has 0 fully saturated rings. The maximum absolute atomic E-state index is 10.9. The molecule has 0 aromatic rings. The molecule has 0 aliphatic carbocycles. The zero-order valence-electron chi connectivity index (χ0n) is 7.04. The molecule has 0 aliphatic rings. The third-order valence-corrected chi connectivity index (χ3v) is 1.36. The molecule has 0 rings (SSSR count). The Morgan fingerprint density at radius 1 is 1.58 bits per heavy atom. The standard InChI is InChI=1S/C7H14N2O3/c1-5(11)6(8)4-7(12)9-2-3-10/h6,10H,2-4,8H2,1H3,(H,9,12). The molecule has 0 saturated carbocycles. The fraction of sp³-hybridized carbons (Fsp3) is 0.714. The van der Waals surface area contributed by atoms with E-state index in [9.17, 15) is 9.59 Å². The van der Waals surface area contributed by atoms with Crippen LogP contribution in [0.2, 0.25) is 0 Å². The third-order valence-electron chi connectivity index (χ3n) is 1.36. The molecule has 70 valence electrons. The van der Waals surface area contributed by atoms with Gasteiger partial charge in [-0.25, -0.2) is 0 Å².